The largest absolute Gasteiger partial charge is 0.494 e. The second-order valence-electron chi connectivity index (χ2n) is 4.13. The third-order valence-corrected chi connectivity index (χ3v) is 3.48. The van der Waals surface area contributed by atoms with E-state index in [2.05, 4.69) is 14.7 Å². The van der Waals surface area contributed by atoms with Gasteiger partial charge < -0.3 is 10.1 Å². The summed E-state index contributed by atoms with van der Waals surface area (Å²) in [7, 11) is 1.45. The minimum Gasteiger partial charge on any atom is -0.494 e. The molecular weight excluding hydrogens is 265 g/mol. The fraction of sp³-hybridized carbons (Fsp3) is 0.385. The molecular formula is C13H16FN3OS. The highest BCUT2D eigenvalue weighted by Gasteiger charge is 2.11. The second kappa shape index (κ2) is 5.97. The van der Waals surface area contributed by atoms with Crippen molar-refractivity contribution >= 4 is 16.7 Å². The lowest BCUT2D eigenvalue weighted by Crippen LogP contribution is -2.07. The number of ether oxygens (including phenoxy) is 1. The molecule has 6 heteroatoms. The van der Waals surface area contributed by atoms with Crippen LogP contribution in [0.5, 0.6) is 5.75 Å². The zero-order chi connectivity index (χ0) is 13.8. The molecule has 1 heterocycles. The third-order valence-electron chi connectivity index (χ3n) is 2.80. The summed E-state index contributed by atoms with van der Waals surface area (Å²) in [6.07, 6.45) is 0.809. The van der Waals surface area contributed by atoms with Crippen molar-refractivity contribution in [1.29, 1.82) is 0 Å². The number of rotatable bonds is 5. The van der Waals surface area contributed by atoms with E-state index in [9.17, 15) is 4.39 Å². The van der Waals surface area contributed by atoms with E-state index in [1.165, 1.54) is 24.7 Å². The number of methoxy groups -OCH3 is 1. The zero-order valence-corrected chi connectivity index (χ0v) is 11.9. The molecule has 0 aliphatic rings. The Labute approximate surface area is 115 Å². The maximum absolute atomic E-state index is 13.6. The second-order valence-corrected chi connectivity index (χ2v) is 4.88. The van der Waals surface area contributed by atoms with Crippen LogP contribution in [-0.4, -0.2) is 16.5 Å². The monoisotopic (exact) mass is 281 g/mol. The van der Waals surface area contributed by atoms with Crippen LogP contribution in [0.25, 0.3) is 0 Å². The topological polar surface area (TPSA) is 47.0 Å². The first kappa shape index (κ1) is 13.7. The highest BCUT2D eigenvalue weighted by atomic mass is 32.1. The summed E-state index contributed by atoms with van der Waals surface area (Å²) in [4.78, 5) is 4.33. The molecule has 19 heavy (non-hydrogen) atoms. The number of benzene rings is 1. The summed E-state index contributed by atoms with van der Waals surface area (Å²) < 4.78 is 22.7. The van der Waals surface area contributed by atoms with Crippen LogP contribution in [0, 0.1) is 5.82 Å². The Morgan fingerprint density at radius 2 is 2.26 bits per heavy atom. The summed E-state index contributed by atoms with van der Waals surface area (Å²) in [6, 6.07) is 4.89. The van der Waals surface area contributed by atoms with Crippen molar-refractivity contribution in [3.8, 4) is 5.75 Å². The molecule has 0 bridgehead atoms. The van der Waals surface area contributed by atoms with Crippen LogP contribution in [0.4, 0.5) is 9.52 Å². The summed E-state index contributed by atoms with van der Waals surface area (Å²) in [5.74, 6) is 0.709. The SMILES string of the molecule is CCc1nsc(NC(C)c2ccc(OC)c(F)c2)n1. The number of nitrogens with one attached hydrogen (secondary N) is 1. The quantitative estimate of drug-likeness (QED) is 0.912. The number of aromatic nitrogens is 2. The molecule has 0 radical (unpaired) electrons. The Hall–Kier alpha value is -1.69. The first-order valence-corrected chi connectivity index (χ1v) is 6.84. The summed E-state index contributed by atoms with van der Waals surface area (Å²) in [5, 5.41) is 3.97. The molecule has 2 rings (SSSR count). The summed E-state index contributed by atoms with van der Waals surface area (Å²) >= 11 is 1.32. The van der Waals surface area contributed by atoms with Crippen molar-refractivity contribution in [3.63, 3.8) is 0 Å². The lowest BCUT2D eigenvalue weighted by atomic mass is 10.1. The van der Waals surface area contributed by atoms with Gasteiger partial charge in [-0.05, 0) is 24.6 Å². The smallest absolute Gasteiger partial charge is 0.203 e. The van der Waals surface area contributed by atoms with Crippen molar-refractivity contribution in [2.24, 2.45) is 0 Å². The molecule has 2 aromatic rings. The maximum Gasteiger partial charge on any atom is 0.203 e. The molecule has 1 aromatic heterocycles. The van der Waals surface area contributed by atoms with Gasteiger partial charge in [0, 0.05) is 18.0 Å². The van der Waals surface area contributed by atoms with E-state index in [1.807, 2.05) is 19.9 Å². The molecule has 1 aromatic carbocycles. The Morgan fingerprint density at radius 1 is 1.47 bits per heavy atom. The van der Waals surface area contributed by atoms with Gasteiger partial charge in [-0.25, -0.2) is 9.37 Å². The van der Waals surface area contributed by atoms with Crippen molar-refractivity contribution in [2.75, 3.05) is 12.4 Å². The van der Waals surface area contributed by atoms with Gasteiger partial charge in [-0.3, -0.25) is 0 Å². The fourth-order valence-corrected chi connectivity index (χ4v) is 2.41. The average Bonchev–Trinajstić information content (AvgIpc) is 2.86. The normalized spacial score (nSPS) is 12.2. The van der Waals surface area contributed by atoms with Gasteiger partial charge in [0.15, 0.2) is 11.6 Å². The van der Waals surface area contributed by atoms with Crippen LogP contribution in [0.2, 0.25) is 0 Å². The molecule has 4 nitrogen and oxygen atoms in total. The van der Waals surface area contributed by atoms with Crippen molar-refractivity contribution < 1.29 is 9.13 Å². The van der Waals surface area contributed by atoms with Crippen LogP contribution in [-0.2, 0) is 6.42 Å². The van der Waals surface area contributed by atoms with E-state index >= 15 is 0 Å². The molecule has 1 unspecified atom stereocenters. The van der Waals surface area contributed by atoms with E-state index in [1.54, 1.807) is 6.07 Å². The van der Waals surface area contributed by atoms with Crippen LogP contribution < -0.4 is 10.1 Å². The molecule has 0 aliphatic heterocycles. The standard InChI is InChI=1S/C13H16FN3OS/c1-4-12-16-13(19-17-12)15-8(2)9-5-6-11(18-3)10(14)7-9/h5-8H,4H2,1-3H3,(H,15,16,17). The minimum atomic E-state index is -0.361. The molecule has 102 valence electrons. The number of anilines is 1. The molecule has 0 saturated heterocycles. The molecule has 0 fully saturated rings. The van der Waals surface area contributed by atoms with Gasteiger partial charge in [0.2, 0.25) is 5.13 Å². The molecule has 0 saturated carbocycles. The van der Waals surface area contributed by atoms with Gasteiger partial charge in [0.05, 0.1) is 13.2 Å². The molecule has 0 aliphatic carbocycles. The van der Waals surface area contributed by atoms with E-state index in [-0.39, 0.29) is 17.6 Å². The van der Waals surface area contributed by atoms with Crippen LogP contribution >= 0.6 is 11.5 Å². The molecule has 0 amide bonds. The summed E-state index contributed by atoms with van der Waals surface area (Å²) in [5.41, 5.74) is 0.839. The highest BCUT2D eigenvalue weighted by molar-refractivity contribution is 7.09. The van der Waals surface area contributed by atoms with E-state index in [0.717, 1.165) is 22.9 Å². The predicted octanol–water partition coefficient (Wildman–Crippen LogP) is 3.42. The van der Waals surface area contributed by atoms with Crippen molar-refractivity contribution in [2.45, 2.75) is 26.3 Å². The van der Waals surface area contributed by atoms with E-state index < -0.39 is 0 Å². The molecule has 1 N–H and O–H groups in total. The highest BCUT2D eigenvalue weighted by Crippen LogP contribution is 2.25. The Morgan fingerprint density at radius 3 is 2.84 bits per heavy atom. The molecule has 0 spiro atoms. The zero-order valence-electron chi connectivity index (χ0n) is 11.1. The van der Waals surface area contributed by atoms with E-state index in [0.29, 0.717) is 0 Å². The van der Waals surface area contributed by atoms with Gasteiger partial charge in [-0.2, -0.15) is 4.37 Å². The van der Waals surface area contributed by atoms with Gasteiger partial charge in [-0.15, -0.1) is 0 Å². The number of hydrogen-bond acceptors (Lipinski definition) is 5. The number of halogens is 1. The average molecular weight is 281 g/mol. The third kappa shape index (κ3) is 3.20. The van der Waals surface area contributed by atoms with Gasteiger partial charge in [0.25, 0.3) is 0 Å². The first-order chi connectivity index (χ1) is 9.13. The molecule has 1 atom stereocenters. The lowest BCUT2D eigenvalue weighted by Gasteiger charge is -2.13. The van der Waals surface area contributed by atoms with E-state index in [4.69, 9.17) is 4.74 Å². The summed E-state index contributed by atoms with van der Waals surface area (Å²) in [6.45, 7) is 3.96. The Balaban J connectivity index is 2.10. The maximum atomic E-state index is 13.6. The predicted molar refractivity (Wildman–Crippen MR) is 74.3 cm³/mol. The van der Waals surface area contributed by atoms with Crippen LogP contribution in [0.15, 0.2) is 18.2 Å². The van der Waals surface area contributed by atoms with Crippen LogP contribution in [0.3, 0.4) is 0 Å². The number of nitrogens with zero attached hydrogens (tertiary/aromatic N) is 2. The lowest BCUT2D eigenvalue weighted by molar-refractivity contribution is 0.386. The van der Waals surface area contributed by atoms with Gasteiger partial charge >= 0.3 is 0 Å². The first-order valence-electron chi connectivity index (χ1n) is 6.06. The number of hydrogen-bond donors (Lipinski definition) is 1. The Bertz CT molecular complexity index is 559. The van der Waals surface area contributed by atoms with Crippen molar-refractivity contribution in [1.82, 2.24) is 9.36 Å². The van der Waals surface area contributed by atoms with Crippen LogP contribution in [0.1, 0.15) is 31.3 Å². The van der Waals surface area contributed by atoms with Gasteiger partial charge in [0.1, 0.15) is 5.82 Å². The fourth-order valence-electron chi connectivity index (χ4n) is 1.68. The Kier molecular flexibility index (Phi) is 4.31. The van der Waals surface area contributed by atoms with Gasteiger partial charge in [-0.1, -0.05) is 13.0 Å². The number of aryl methyl sites for hydroxylation is 1. The minimum absolute atomic E-state index is 0.0435. The van der Waals surface area contributed by atoms with Crippen molar-refractivity contribution in [3.05, 3.63) is 35.4 Å².